The van der Waals surface area contributed by atoms with Crippen LogP contribution in [0, 0.1) is 11.1 Å². The fourth-order valence-corrected chi connectivity index (χ4v) is 5.60. The topological polar surface area (TPSA) is 137 Å². The molecule has 0 saturated heterocycles. The number of methoxy groups -OCH3 is 2. The highest BCUT2D eigenvalue weighted by atomic mass is 35.5. The fourth-order valence-electron chi connectivity index (χ4n) is 5.33. The Labute approximate surface area is 210 Å². The maximum atomic E-state index is 14.3. The second-order valence-electron chi connectivity index (χ2n) is 8.97. The van der Waals surface area contributed by atoms with Gasteiger partial charge in [-0.15, -0.1) is 0 Å². The van der Waals surface area contributed by atoms with Crippen LogP contribution >= 0.6 is 11.6 Å². The summed E-state index contributed by atoms with van der Waals surface area (Å²) in [6.07, 6.45) is 0.0787. The molecule has 2 aromatic rings. The molecule has 2 aromatic carbocycles. The lowest BCUT2D eigenvalue weighted by atomic mass is 9.66. The highest BCUT2D eigenvalue weighted by molar-refractivity contribution is 6.36. The van der Waals surface area contributed by atoms with Gasteiger partial charge in [0.05, 0.1) is 19.9 Å². The van der Waals surface area contributed by atoms with Crippen LogP contribution < -0.4 is 24.8 Å². The lowest BCUT2D eigenvalue weighted by Gasteiger charge is -2.41. The average Bonchev–Trinajstić information content (AvgIpc) is 3.17. The molecular weight excluding hydrogens is 492 g/mol. The molecule has 5 rings (SSSR count). The van der Waals surface area contributed by atoms with Crippen molar-refractivity contribution < 1.29 is 33.8 Å². The van der Waals surface area contributed by atoms with Crippen molar-refractivity contribution in [3.05, 3.63) is 63.0 Å². The zero-order valence-corrected chi connectivity index (χ0v) is 20.3. The second-order valence-corrected chi connectivity index (χ2v) is 9.34. The van der Waals surface area contributed by atoms with Gasteiger partial charge >= 0.3 is 0 Å². The van der Waals surface area contributed by atoms with Crippen LogP contribution in [0.3, 0.4) is 0 Å². The van der Waals surface area contributed by atoms with Gasteiger partial charge in [0.2, 0.25) is 23.1 Å². The first kappa shape index (κ1) is 24.1. The Morgan fingerprint density at radius 1 is 1.14 bits per heavy atom. The van der Waals surface area contributed by atoms with E-state index in [2.05, 4.69) is 5.32 Å². The van der Waals surface area contributed by atoms with Gasteiger partial charge in [0.1, 0.15) is 22.1 Å². The van der Waals surface area contributed by atoms with Crippen LogP contribution in [0.15, 0.2) is 41.6 Å². The van der Waals surface area contributed by atoms with Crippen molar-refractivity contribution in [2.75, 3.05) is 19.4 Å². The van der Waals surface area contributed by atoms with Crippen LogP contribution in [-0.4, -0.2) is 42.5 Å². The predicted molar refractivity (Wildman–Crippen MR) is 128 cm³/mol. The third-order valence-electron chi connectivity index (χ3n) is 7.05. The number of rotatable bonds is 4. The van der Waals surface area contributed by atoms with E-state index in [4.69, 9.17) is 25.8 Å². The van der Waals surface area contributed by atoms with Crippen molar-refractivity contribution in [2.45, 2.75) is 31.3 Å². The van der Waals surface area contributed by atoms with Crippen LogP contribution in [0.4, 0.5) is 5.69 Å². The molecule has 1 spiro atoms. The third-order valence-corrected chi connectivity index (χ3v) is 7.41. The molecule has 2 heterocycles. The fraction of sp³-hybridized carbons (Fsp3) is 0.320. The molecule has 0 bridgehead atoms. The molecule has 3 unspecified atom stereocenters. The van der Waals surface area contributed by atoms with Gasteiger partial charge in [0.25, 0.3) is 0 Å². The summed E-state index contributed by atoms with van der Waals surface area (Å²) in [4.78, 5) is 40.8. The summed E-state index contributed by atoms with van der Waals surface area (Å²) >= 11 is 6.48. The van der Waals surface area contributed by atoms with Crippen molar-refractivity contribution in [3.8, 4) is 17.2 Å². The van der Waals surface area contributed by atoms with Crippen molar-refractivity contribution in [1.29, 1.82) is 0 Å². The van der Waals surface area contributed by atoms with E-state index in [-0.39, 0.29) is 63.1 Å². The van der Waals surface area contributed by atoms with Gasteiger partial charge in [-0.1, -0.05) is 30.7 Å². The summed E-state index contributed by atoms with van der Waals surface area (Å²) in [5.74, 6) is -2.54. The smallest absolute Gasteiger partial charge is 0.236 e. The summed E-state index contributed by atoms with van der Waals surface area (Å²) in [6.45, 7) is 1.69. The Balaban J connectivity index is 1.66. The lowest BCUT2D eigenvalue weighted by Crippen LogP contribution is -2.59. The Morgan fingerprint density at radius 2 is 1.86 bits per heavy atom. The molecule has 2 N–H and O–H groups in total. The molecule has 36 heavy (non-hydrogen) atoms. The number of allylic oxidation sites excluding steroid dienone is 1. The molecule has 1 amide bonds. The zero-order chi connectivity index (χ0) is 25.9. The maximum Gasteiger partial charge on any atom is 0.236 e. The Morgan fingerprint density at radius 3 is 2.53 bits per heavy atom. The van der Waals surface area contributed by atoms with Crippen molar-refractivity contribution in [2.24, 2.45) is 5.92 Å². The predicted octanol–water partition coefficient (Wildman–Crippen LogP) is 3.53. The number of nitrogens with zero attached hydrogens (tertiary/aromatic N) is 1. The van der Waals surface area contributed by atoms with E-state index in [1.54, 1.807) is 13.0 Å². The zero-order valence-electron chi connectivity index (χ0n) is 19.6. The van der Waals surface area contributed by atoms with Crippen LogP contribution in [0.1, 0.15) is 41.6 Å². The van der Waals surface area contributed by atoms with Crippen molar-refractivity contribution >= 4 is 34.8 Å². The molecule has 3 aliphatic rings. The number of amides is 1. The first-order valence-corrected chi connectivity index (χ1v) is 11.5. The number of benzene rings is 2. The normalized spacial score (nSPS) is 24.8. The standard InChI is InChI=1S/C25H22ClN2O8/c1-11-7-15-19(14(9-18(29)27-15)12-5-4-6-13(8-12)28(32)33)23(30)25(11)24(31)20-16(34-2)10-17(35-3)21(26)22(20)36-25/h4-6,8,10-11,14,32H,7,9H2,1-3H3,(H,27,29)/q-1. The minimum atomic E-state index is -1.93. The molecule has 0 fully saturated rings. The van der Waals surface area contributed by atoms with Gasteiger partial charge in [0, 0.05) is 35.6 Å². The SMILES string of the molecule is COc1cc(OC)c2c(c1Cl)OC1(C(=O)C3=C(CC1C)NC(=O)CC3c1cccc(N([O-])O)c1)C2=O. The van der Waals surface area contributed by atoms with Gasteiger partial charge in [-0.2, -0.15) is 0 Å². The third kappa shape index (κ3) is 3.29. The number of halogens is 1. The number of carbonyl (C=O) groups is 3. The highest BCUT2D eigenvalue weighted by Crippen LogP contribution is 2.55. The van der Waals surface area contributed by atoms with Gasteiger partial charge in [-0.3, -0.25) is 19.6 Å². The number of carbonyl (C=O) groups excluding carboxylic acids is 3. The Bertz CT molecular complexity index is 1350. The molecule has 0 radical (unpaired) electrons. The minimum absolute atomic E-state index is 0.00258. The number of ketones is 2. The van der Waals surface area contributed by atoms with E-state index in [9.17, 15) is 24.8 Å². The molecule has 10 nitrogen and oxygen atoms in total. The molecule has 188 valence electrons. The summed E-state index contributed by atoms with van der Waals surface area (Å²) in [6, 6.07) is 7.44. The van der Waals surface area contributed by atoms with Crippen molar-refractivity contribution in [3.63, 3.8) is 0 Å². The number of anilines is 1. The number of hydrogen-bond acceptors (Lipinski definition) is 9. The van der Waals surface area contributed by atoms with Crippen molar-refractivity contribution in [1.82, 2.24) is 5.32 Å². The van der Waals surface area contributed by atoms with E-state index >= 15 is 0 Å². The minimum Gasteiger partial charge on any atom is -0.733 e. The monoisotopic (exact) mass is 513 g/mol. The first-order chi connectivity index (χ1) is 17.1. The summed E-state index contributed by atoms with van der Waals surface area (Å²) < 4.78 is 16.9. The van der Waals surface area contributed by atoms with Crippen LogP contribution in [0.5, 0.6) is 17.2 Å². The number of ether oxygens (including phenoxy) is 3. The van der Waals surface area contributed by atoms with E-state index in [1.165, 1.54) is 38.5 Å². The quantitative estimate of drug-likeness (QED) is 0.464. The van der Waals surface area contributed by atoms with Gasteiger partial charge in [-0.25, -0.2) is 0 Å². The largest absolute Gasteiger partial charge is 0.733 e. The molecule has 1 aliphatic carbocycles. The molecule has 0 aromatic heterocycles. The maximum absolute atomic E-state index is 14.3. The van der Waals surface area contributed by atoms with E-state index < -0.39 is 29.0 Å². The van der Waals surface area contributed by atoms with Crippen LogP contribution in [0.25, 0.3) is 0 Å². The Hall–Kier alpha value is -3.60. The number of fused-ring (bicyclic) bond motifs is 1. The summed E-state index contributed by atoms with van der Waals surface area (Å²) in [7, 11) is 2.79. The average molecular weight is 514 g/mol. The number of Topliss-reactive ketones (excluding diaryl/α,β-unsaturated/α-hetero) is 2. The number of nitrogens with one attached hydrogen (secondary N) is 1. The second kappa shape index (κ2) is 8.51. The number of hydrogen-bond donors (Lipinski definition) is 2. The van der Waals surface area contributed by atoms with E-state index in [1.807, 2.05) is 0 Å². The van der Waals surface area contributed by atoms with Crippen LogP contribution in [-0.2, 0) is 9.59 Å². The van der Waals surface area contributed by atoms with Gasteiger partial charge < -0.3 is 30.0 Å². The first-order valence-electron chi connectivity index (χ1n) is 11.2. The molecular formula is C25H22ClN2O8-. The Kier molecular flexibility index (Phi) is 5.70. The van der Waals surface area contributed by atoms with Gasteiger partial charge in [0.15, 0.2) is 5.75 Å². The van der Waals surface area contributed by atoms with Gasteiger partial charge in [-0.05, 0) is 24.1 Å². The summed E-state index contributed by atoms with van der Waals surface area (Å²) in [5.41, 5.74) is -0.865. The molecule has 2 aliphatic heterocycles. The van der Waals surface area contributed by atoms with E-state index in [0.29, 0.717) is 11.3 Å². The lowest BCUT2D eigenvalue weighted by molar-refractivity contribution is -0.131. The highest BCUT2D eigenvalue weighted by Gasteiger charge is 2.63. The molecule has 11 heteroatoms. The molecule has 0 saturated carbocycles. The van der Waals surface area contributed by atoms with Crippen LogP contribution in [0.2, 0.25) is 5.02 Å². The summed E-state index contributed by atoms with van der Waals surface area (Å²) in [5, 5.41) is 23.3. The molecule has 3 atom stereocenters. The van der Waals surface area contributed by atoms with E-state index in [0.717, 1.165) is 0 Å².